The molecule has 0 aromatic heterocycles. The highest BCUT2D eigenvalue weighted by Gasteiger charge is 2.06. The normalized spacial score (nSPS) is 9.62. The predicted octanol–water partition coefficient (Wildman–Crippen LogP) is 2.07. The molecule has 0 saturated carbocycles. The molecule has 0 aliphatic rings. The van der Waals surface area contributed by atoms with E-state index in [1.165, 1.54) is 0 Å². The second-order valence-corrected chi connectivity index (χ2v) is 4.42. The number of carbonyl (C=O) groups excluding carboxylic acids is 1. The molecule has 0 bridgehead atoms. The lowest BCUT2D eigenvalue weighted by Crippen LogP contribution is -2.20. The second kappa shape index (κ2) is 5.81. The number of methoxy groups -OCH3 is 1. The molecular weight excluding hydrogens is 292 g/mol. The molecule has 1 aromatic carbocycles. The number of ether oxygens (including phenoxy) is 1. The summed E-state index contributed by atoms with van der Waals surface area (Å²) in [6.45, 7) is 0. The third-order valence-corrected chi connectivity index (χ3v) is 2.57. The number of nitrogens with one attached hydrogen (secondary N) is 1. The summed E-state index contributed by atoms with van der Waals surface area (Å²) < 4.78 is 5.92. The van der Waals surface area contributed by atoms with E-state index in [1.54, 1.807) is 25.3 Å². The highest BCUT2D eigenvalue weighted by Crippen LogP contribution is 2.27. The number of thiocarbonyl (C=S) groups is 1. The number of rotatable bonds is 4. The van der Waals surface area contributed by atoms with E-state index in [4.69, 9.17) is 10.5 Å². The van der Waals surface area contributed by atoms with Gasteiger partial charge in [-0.1, -0.05) is 12.2 Å². The molecule has 0 atom stereocenters. The first-order valence-electron chi connectivity index (χ1n) is 4.44. The molecule has 0 unspecified atom stereocenters. The molecular formula is C10H11BrN2O2S. The van der Waals surface area contributed by atoms with Crippen LogP contribution in [0.15, 0.2) is 22.7 Å². The van der Waals surface area contributed by atoms with E-state index in [1.807, 2.05) is 0 Å². The average Bonchev–Trinajstić information content (AvgIpc) is 2.19. The number of hydrogen-bond donors (Lipinski definition) is 2. The van der Waals surface area contributed by atoms with Crippen molar-refractivity contribution < 1.29 is 9.53 Å². The zero-order valence-electron chi connectivity index (χ0n) is 8.62. The lowest BCUT2D eigenvalue weighted by atomic mass is 10.3. The Bertz CT molecular complexity index is 423. The van der Waals surface area contributed by atoms with Crippen molar-refractivity contribution >= 4 is 44.7 Å². The highest BCUT2D eigenvalue weighted by molar-refractivity contribution is 9.10. The molecule has 0 heterocycles. The topological polar surface area (TPSA) is 64.3 Å². The van der Waals surface area contributed by atoms with Crippen LogP contribution < -0.4 is 15.8 Å². The summed E-state index contributed by atoms with van der Waals surface area (Å²) in [7, 11) is 1.56. The van der Waals surface area contributed by atoms with Crippen molar-refractivity contribution in [1.82, 2.24) is 0 Å². The smallest absolute Gasteiger partial charge is 0.231 e. The number of benzene rings is 1. The third kappa shape index (κ3) is 3.79. The van der Waals surface area contributed by atoms with Gasteiger partial charge in [0.25, 0.3) is 0 Å². The maximum atomic E-state index is 11.4. The van der Waals surface area contributed by atoms with E-state index in [2.05, 4.69) is 33.5 Å². The van der Waals surface area contributed by atoms with Gasteiger partial charge in [-0.2, -0.15) is 0 Å². The van der Waals surface area contributed by atoms with Crippen LogP contribution in [-0.2, 0) is 4.79 Å². The summed E-state index contributed by atoms with van der Waals surface area (Å²) in [4.78, 5) is 11.5. The van der Waals surface area contributed by atoms with Crippen LogP contribution in [0.25, 0.3) is 0 Å². The fourth-order valence-electron chi connectivity index (χ4n) is 1.10. The molecule has 0 radical (unpaired) electrons. The minimum Gasteiger partial charge on any atom is -0.495 e. The molecule has 0 saturated heterocycles. The molecule has 3 N–H and O–H groups in total. The molecule has 6 heteroatoms. The second-order valence-electron chi connectivity index (χ2n) is 3.04. The Balaban J connectivity index is 2.74. The molecule has 86 valence electrons. The van der Waals surface area contributed by atoms with Gasteiger partial charge in [0.15, 0.2) is 0 Å². The van der Waals surface area contributed by atoms with Crippen LogP contribution in [0, 0.1) is 0 Å². The first kappa shape index (κ1) is 12.9. The predicted molar refractivity (Wildman–Crippen MR) is 70.7 cm³/mol. The molecule has 16 heavy (non-hydrogen) atoms. The lowest BCUT2D eigenvalue weighted by Gasteiger charge is -2.08. The number of hydrogen-bond acceptors (Lipinski definition) is 3. The van der Waals surface area contributed by atoms with E-state index in [0.29, 0.717) is 11.4 Å². The first-order chi connectivity index (χ1) is 7.52. The Morgan fingerprint density at radius 3 is 2.88 bits per heavy atom. The van der Waals surface area contributed by atoms with E-state index in [-0.39, 0.29) is 17.3 Å². The van der Waals surface area contributed by atoms with Crippen molar-refractivity contribution in [2.75, 3.05) is 12.4 Å². The van der Waals surface area contributed by atoms with Crippen LogP contribution in [0.1, 0.15) is 6.42 Å². The maximum Gasteiger partial charge on any atom is 0.231 e. The van der Waals surface area contributed by atoms with Crippen molar-refractivity contribution in [2.24, 2.45) is 5.73 Å². The third-order valence-electron chi connectivity index (χ3n) is 1.77. The quantitative estimate of drug-likeness (QED) is 0.836. The van der Waals surface area contributed by atoms with E-state index < -0.39 is 0 Å². The Kier molecular flexibility index (Phi) is 4.70. The first-order valence-corrected chi connectivity index (χ1v) is 5.64. The molecule has 4 nitrogen and oxygen atoms in total. The van der Waals surface area contributed by atoms with Crippen LogP contribution >= 0.6 is 28.1 Å². The van der Waals surface area contributed by atoms with E-state index in [0.717, 1.165) is 4.47 Å². The number of halogens is 1. The fraction of sp³-hybridized carbons (Fsp3) is 0.200. The van der Waals surface area contributed by atoms with Gasteiger partial charge in [-0.25, -0.2) is 0 Å². The van der Waals surface area contributed by atoms with Crippen molar-refractivity contribution in [1.29, 1.82) is 0 Å². The molecule has 1 rings (SSSR count). The van der Waals surface area contributed by atoms with Crippen molar-refractivity contribution in [3.8, 4) is 5.75 Å². The number of anilines is 1. The standard InChI is InChI=1S/C10H11BrN2O2S/c1-15-8-4-6(2-3-7(8)11)13-10(14)5-9(12)16/h2-4H,5H2,1H3,(H2,12,16)(H,13,14). The summed E-state index contributed by atoms with van der Waals surface area (Å²) in [5.74, 6) is 0.407. The Labute approximate surface area is 107 Å². The molecule has 1 amide bonds. The van der Waals surface area contributed by atoms with Crippen molar-refractivity contribution in [3.05, 3.63) is 22.7 Å². The number of amides is 1. The van der Waals surface area contributed by atoms with Gasteiger partial charge in [0, 0.05) is 11.8 Å². The molecule has 1 aromatic rings. The summed E-state index contributed by atoms with van der Waals surface area (Å²) in [6.07, 6.45) is 0.0354. The largest absolute Gasteiger partial charge is 0.495 e. The number of carbonyl (C=O) groups is 1. The number of nitrogens with two attached hydrogens (primary N) is 1. The summed E-state index contributed by atoms with van der Waals surface area (Å²) in [6, 6.07) is 5.25. The van der Waals surface area contributed by atoms with Gasteiger partial charge in [-0.05, 0) is 28.1 Å². The van der Waals surface area contributed by atoms with Gasteiger partial charge in [-0.15, -0.1) is 0 Å². The van der Waals surface area contributed by atoms with Gasteiger partial charge in [0.1, 0.15) is 5.75 Å². The van der Waals surface area contributed by atoms with Crippen molar-refractivity contribution in [3.63, 3.8) is 0 Å². The van der Waals surface area contributed by atoms with Crippen molar-refractivity contribution in [2.45, 2.75) is 6.42 Å². The van der Waals surface area contributed by atoms with E-state index in [9.17, 15) is 4.79 Å². The molecule has 0 aliphatic carbocycles. The minimum absolute atomic E-state index is 0.0354. The van der Waals surface area contributed by atoms with Gasteiger partial charge < -0.3 is 15.8 Å². The van der Waals surface area contributed by atoms with Crippen LogP contribution in [0.3, 0.4) is 0 Å². The Hall–Kier alpha value is -1.14. The van der Waals surface area contributed by atoms with Crippen LogP contribution in [0.4, 0.5) is 5.69 Å². The SMILES string of the molecule is COc1cc(NC(=O)CC(N)=S)ccc1Br. The summed E-state index contributed by atoms with van der Waals surface area (Å²) in [5, 5.41) is 2.67. The molecule has 0 aliphatic heterocycles. The highest BCUT2D eigenvalue weighted by atomic mass is 79.9. The monoisotopic (exact) mass is 302 g/mol. The van der Waals surface area contributed by atoms with E-state index >= 15 is 0 Å². The zero-order chi connectivity index (χ0) is 12.1. The van der Waals surface area contributed by atoms with Gasteiger partial charge in [-0.3, -0.25) is 4.79 Å². The summed E-state index contributed by atoms with van der Waals surface area (Å²) >= 11 is 7.96. The van der Waals surface area contributed by atoms with Gasteiger partial charge in [0.2, 0.25) is 5.91 Å². The van der Waals surface area contributed by atoms with Crippen LogP contribution in [0.2, 0.25) is 0 Å². The molecule has 0 fully saturated rings. The summed E-state index contributed by atoms with van der Waals surface area (Å²) in [5.41, 5.74) is 5.91. The maximum absolute atomic E-state index is 11.4. The lowest BCUT2D eigenvalue weighted by molar-refractivity contribution is -0.115. The van der Waals surface area contributed by atoms with Crippen LogP contribution in [0.5, 0.6) is 5.75 Å². The minimum atomic E-state index is -0.239. The van der Waals surface area contributed by atoms with Gasteiger partial charge >= 0.3 is 0 Å². The van der Waals surface area contributed by atoms with Crippen LogP contribution in [-0.4, -0.2) is 18.0 Å². The molecule has 0 spiro atoms. The Morgan fingerprint density at radius 1 is 1.62 bits per heavy atom. The Morgan fingerprint density at radius 2 is 2.31 bits per heavy atom. The zero-order valence-corrected chi connectivity index (χ0v) is 11.0. The van der Waals surface area contributed by atoms with Gasteiger partial charge in [0.05, 0.1) is 23.0 Å². The fourth-order valence-corrected chi connectivity index (χ4v) is 1.64. The average molecular weight is 303 g/mol.